The fourth-order valence-corrected chi connectivity index (χ4v) is 4.38. The topological polar surface area (TPSA) is 41.6 Å². The van der Waals surface area contributed by atoms with Crippen molar-refractivity contribution >= 4 is 17.7 Å². The Hall–Kier alpha value is -2.60. The molecular weight excluding hydrogens is 404 g/mol. The first-order valence-electron chi connectivity index (χ1n) is 10.7. The number of amides is 1. The van der Waals surface area contributed by atoms with Crippen molar-refractivity contribution in [1.82, 2.24) is 10.2 Å². The monoisotopic (exact) mass is 432 g/mol. The molecule has 1 saturated heterocycles. The number of benzene rings is 3. The van der Waals surface area contributed by atoms with Gasteiger partial charge in [0, 0.05) is 42.4 Å². The molecule has 3 aromatic carbocycles. The highest BCUT2D eigenvalue weighted by Crippen LogP contribution is 2.22. The number of ether oxygens (including phenoxy) is 1. The van der Waals surface area contributed by atoms with Crippen molar-refractivity contribution in [1.29, 1.82) is 0 Å². The zero-order valence-corrected chi connectivity index (χ0v) is 18.4. The average Bonchev–Trinajstić information content (AvgIpc) is 2.84. The van der Waals surface area contributed by atoms with Gasteiger partial charge in [-0.15, -0.1) is 11.8 Å². The van der Waals surface area contributed by atoms with Gasteiger partial charge in [0.15, 0.2) is 0 Å². The van der Waals surface area contributed by atoms with Gasteiger partial charge in [0.05, 0.1) is 13.2 Å². The summed E-state index contributed by atoms with van der Waals surface area (Å²) >= 11 is 1.80. The first-order chi connectivity index (χ1) is 15.3. The summed E-state index contributed by atoms with van der Waals surface area (Å²) < 4.78 is 5.40. The average molecular weight is 433 g/mol. The molecule has 0 unspecified atom stereocenters. The molecule has 1 aliphatic rings. The number of thioether (sulfide) groups is 1. The standard InChI is InChI=1S/C26H28N2O2S/c29-26(24-12-10-23(11-13-24)20-31-25-4-2-1-3-5-25)27-18-21-6-8-22(9-7-21)19-28-14-16-30-17-15-28/h1-13H,14-20H2,(H,27,29). The molecule has 1 heterocycles. The smallest absolute Gasteiger partial charge is 0.251 e. The normalized spacial score (nSPS) is 14.3. The molecule has 0 aromatic heterocycles. The maximum Gasteiger partial charge on any atom is 0.251 e. The van der Waals surface area contributed by atoms with Crippen LogP contribution in [0.15, 0.2) is 83.8 Å². The Balaban J connectivity index is 1.23. The van der Waals surface area contributed by atoms with E-state index in [4.69, 9.17) is 4.74 Å². The number of morpholine rings is 1. The van der Waals surface area contributed by atoms with Gasteiger partial charge in [0.1, 0.15) is 0 Å². The predicted molar refractivity (Wildman–Crippen MR) is 126 cm³/mol. The fraction of sp³-hybridized carbons (Fsp3) is 0.269. The summed E-state index contributed by atoms with van der Waals surface area (Å²) in [7, 11) is 0. The first-order valence-corrected chi connectivity index (χ1v) is 11.7. The van der Waals surface area contributed by atoms with Crippen LogP contribution >= 0.6 is 11.8 Å². The van der Waals surface area contributed by atoms with Crippen molar-refractivity contribution in [3.8, 4) is 0 Å². The van der Waals surface area contributed by atoms with Crippen molar-refractivity contribution in [3.63, 3.8) is 0 Å². The molecule has 1 N–H and O–H groups in total. The lowest BCUT2D eigenvalue weighted by molar-refractivity contribution is 0.0342. The van der Waals surface area contributed by atoms with Crippen LogP contribution in [-0.2, 0) is 23.6 Å². The lowest BCUT2D eigenvalue weighted by Gasteiger charge is -2.26. The van der Waals surface area contributed by atoms with Gasteiger partial charge >= 0.3 is 0 Å². The molecule has 160 valence electrons. The summed E-state index contributed by atoms with van der Waals surface area (Å²) in [5.41, 5.74) is 4.30. The Bertz CT molecular complexity index is 953. The summed E-state index contributed by atoms with van der Waals surface area (Å²) in [4.78, 5) is 16.2. The second-order valence-electron chi connectivity index (χ2n) is 7.69. The number of carbonyl (C=O) groups is 1. The minimum atomic E-state index is -0.0420. The van der Waals surface area contributed by atoms with E-state index in [-0.39, 0.29) is 5.91 Å². The Morgan fingerprint density at radius 3 is 2.19 bits per heavy atom. The van der Waals surface area contributed by atoms with E-state index in [0.29, 0.717) is 12.1 Å². The van der Waals surface area contributed by atoms with Crippen LogP contribution in [0.4, 0.5) is 0 Å². The highest BCUT2D eigenvalue weighted by Gasteiger charge is 2.11. The number of rotatable bonds is 8. The Morgan fingerprint density at radius 2 is 1.48 bits per heavy atom. The van der Waals surface area contributed by atoms with Gasteiger partial charge in [-0.1, -0.05) is 54.6 Å². The van der Waals surface area contributed by atoms with E-state index in [1.54, 1.807) is 11.8 Å². The van der Waals surface area contributed by atoms with Gasteiger partial charge in [0.2, 0.25) is 0 Å². The Kier molecular flexibility index (Phi) is 7.77. The summed E-state index contributed by atoms with van der Waals surface area (Å²) in [5, 5.41) is 3.02. The number of hydrogen-bond donors (Lipinski definition) is 1. The fourth-order valence-electron chi connectivity index (χ4n) is 3.50. The second-order valence-corrected chi connectivity index (χ2v) is 8.74. The van der Waals surface area contributed by atoms with Crippen molar-refractivity contribution in [3.05, 3.63) is 101 Å². The van der Waals surface area contributed by atoms with Crippen LogP contribution in [0.1, 0.15) is 27.0 Å². The third-order valence-electron chi connectivity index (χ3n) is 5.35. The van der Waals surface area contributed by atoms with Crippen LogP contribution in [-0.4, -0.2) is 37.1 Å². The van der Waals surface area contributed by atoms with Crippen LogP contribution in [0.25, 0.3) is 0 Å². The molecular formula is C26H28N2O2S. The molecule has 1 fully saturated rings. The molecule has 1 aliphatic heterocycles. The quantitative estimate of drug-likeness (QED) is 0.522. The SMILES string of the molecule is O=C(NCc1ccc(CN2CCOCC2)cc1)c1ccc(CSc2ccccc2)cc1. The Labute approximate surface area is 188 Å². The molecule has 3 aromatic rings. The summed E-state index contributed by atoms with van der Waals surface area (Å²) in [6.07, 6.45) is 0. The minimum absolute atomic E-state index is 0.0420. The number of hydrogen-bond acceptors (Lipinski definition) is 4. The molecule has 0 atom stereocenters. The number of carbonyl (C=O) groups excluding carboxylic acids is 1. The van der Waals surface area contributed by atoms with Crippen LogP contribution in [0.2, 0.25) is 0 Å². The molecule has 4 rings (SSSR count). The van der Waals surface area contributed by atoms with E-state index in [2.05, 4.69) is 46.6 Å². The van der Waals surface area contributed by atoms with Crippen LogP contribution in [0, 0.1) is 0 Å². The van der Waals surface area contributed by atoms with Gasteiger partial charge in [-0.25, -0.2) is 0 Å². The molecule has 1 amide bonds. The third kappa shape index (κ3) is 6.69. The largest absolute Gasteiger partial charge is 0.379 e. The maximum atomic E-state index is 12.5. The predicted octanol–water partition coefficient (Wildman–Crippen LogP) is 4.74. The zero-order chi connectivity index (χ0) is 21.3. The minimum Gasteiger partial charge on any atom is -0.379 e. The van der Waals surface area contributed by atoms with Gasteiger partial charge in [-0.2, -0.15) is 0 Å². The van der Waals surface area contributed by atoms with Crippen LogP contribution in [0.3, 0.4) is 0 Å². The molecule has 4 nitrogen and oxygen atoms in total. The lowest BCUT2D eigenvalue weighted by atomic mass is 10.1. The van der Waals surface area contributed by atoms with Crippen molar-refractivity contribution in [2.45, 2.75) is 23.7 Å². The van der Waals surface area contributed by atoms with E-state index >= 15 is 0 Å². The van der Waals surface area contributed by atoms with Crippen LogP contribution in [0.5, 0.6) is 0 Å². The van der Waals surface area contributed by atoms with E-state index in [1.165, 1.54) is 16.0 Å². The summed E-state index contributed by atoms with van der Waals surface area (Å²) in [6, 6.07) is 26.7. The molecule has 0 bridgehead atoms. The van der Waals surface area contributed by atoms with Gasteiger partial charge < -0.3 is 10.1 Å². The third-order valence-corrected chi connectivity index (χ3v) is 6.43. The highest BCUT2D eigenvalue weighted by atomic mass is 32.2. The summed E-state index contributed by atoms with van der Waals surface area (Å²) in [5.74, 6) is 0.850. The molecule has 0 radical (unpaired) electrons. The molecule has 31 heavy (non-hydrogen) atoms. The van der Waals surface area contributed by atoms with Crippen molar-refractivity contribution in [2.24, 2.45) is 0 Å². The second kappa shape index (κ2) is 11.1. The lowest BCUT2D eigenvalue weighted by Crippen LogP contribution is -2.35. The Morgan fingerprint density at radius 1 is 0.839 bits per heavy atom. The van der Waals surface area contributed by atoms with E-state index in [9.17, 15) is 4.79 Å². The highest BCUT2D eigenvalue weighted by molar-refractivity contribution is 7.98. The number of nitrogens with one attached hydrogen (secondary N) is 1. The van der Waals surface area contributed by atoms with Crippen molar-refractivity contribution < 1.29 is 9.53 Å². The van der Waals surface area contributed by atoms with E-state index in [1.807, 2.05) is 42.5 Å². The summed E-state index contributed by atoms with van der Waals surface area (Å²) in [6.45, 7) is 5.09. The molecule has 0 spiro atoms. The molecule has 0 aliphatic carbocycles. The van der Waals surface area contributed by atoms with E-state index in [0.717, 1.165) is 44.2 Å². The van der Waals surface area contributed by atoms with Gasteiger partial charge in [0.25, 0.3) is 5.91 Å². The van der Waals surface area contributed by atoms with Gasteiger partial charge in [-0.05, 0) is 41.0 Å². The zero-order valence-electron chi connectivity index (χ0n) is 17.6. The first kappa shape index (κ1) is 21.6. The number of nitrogens with zero attached hydrogens (tertiary/aromatic N) is 1. The molecule has 5 heteroatoms. The van der Waals surface area contributed by atoms with Gasteiger partial charge in [-0.3, -0.25) is 9.69 Å². The maximum absolute atomic E-state index is 12.5. The van der Waals surface area contributed by atoms with Crippen molar-refractivity contribution in [2.75, 3.05) is 26.3 Å². The van der Waals surface area contributed by atoms with Crippen LogP contribution < -0.4 is 5.32 Å². The van der Waals surface area contributed by atoms with E-state index < -0.39 is 0 Å². The molecule has 0 saturated carbocycles.